The molecular formula is C27H34ClN3O5S. The van der Waals surface area contributed by atoms with E-state index in [0.717, 1.165) is 5.56 Å². The number of nitrogens with zero attached hydrogens (tertiary/aromatic N) is 3. The molecular weight excluding hydrogens is 514 g/mol. The SMILES string of the molecule is CN1CCN(C[C@H]2CN(S(=O)(=O)c3cccc(Cl)c3)c3cc(CC(=O)CC(C)(C)C)ccc3O2)CC1=O. The molecule has 2 aromatic rings. The van der Waals surface area contributed by atoms with Crippen molar-refractivity contribution in [1.29, 1.82) is 0 Å². The van der Waals surface area contributed by atoms with Gasteiger partial charge in [-0.3, -0.25) is 18.8 Å². The summed E-state index contributed by atoms with van der Waals surface area (Å²) in [5, 5.41) is 0.323. The molecule has 10 heteroatoms. The highest BCUT2D eigenvalue weighted by Gasteiger charge is 2.36. The Labute approximate surface area is 224 Å². The fourth-order valence-electron chi connectivity index (χ4n) is 4.68. The molecule has 2 aromatic carbocycles. The lowest BCUT2D eigenvalue weighted by Crippen LogP contribution is -2.54. The van der Waals surface area contributed by atoms with E-state index in [1.807, 2.05) is 31.7 Å². The Balaban J connectivity index is 1.65. The summed E-state index contributed by atoms with van der Waals surface area (Å²) in [5.41, 5.74) is 0.992. The van der Waals surface area contributed by atoms with Crippen LogP contribution in [0.25, 0.3) is 0 Å². The number of fused-ring (bicyclic) bond motifs is 1. The molecule has 2 aliphatic heterocycles. The molecule has 0 radical (unpaired) electrons. The maximum absolute atomic E-state index is 13.8. The van der Waals surface area contributed by atoms with Crippen LogP contribution in [0, 0.1) is 5.41 Å². The molecule has 1 atom stereocenters. The van der Waals surface area contributed by atoms with Gasteiger partial charge < -0.3 is 9.64 Å². The summed E-state index contributed by atoms with van der Waals surface area (Å²) in [6, 6.07) is 11.4. The van der Waals surface area contributed by atoms with Gasteiger partial charge >= 0.3 is 0 Å². The molecule has 0 N–H and O–H groups in total. The van der Waals surface area contributed by atoms with Crippen molar-refractivity contribution in [3.05, 3.63) is 53.1 Å². The second-order valence-electron chi connectivity index (χ2n) is 11.0. The number of carbonyl (C=O) groups excluding carboxylic acids is 2. The zero-order chi connectivity index (χ0) is 27.0. The van der Waals surface area contributed by atoms with E-state index >= 15 is 0 Å². The highest BCUT2D eigenvalue weighted by molar-refractivity contribution is 7.92. The molecule has 0 unspecified atom stereocenters. The second-order valence-corrected chi connectivity index (χ2v) is 13.3. The summed E-state index contributed by atoms with van der Waals surface area (Å²) in [7, 11) is -2.20. The van der Waals surface area contributed by atoms with Crippen LogP contribution in [0.5, 0.6) is 5.75 Å². The Morgan fingerprint density at radius 2 is 1.89 bits per heavy atom. The number of Topliss-reactive ketones (excluding diaryl/α,β-unsaturated/α-hetero) is 1. The van der Waals surface area contributed by atoms with Crippen LogP contribution in [-0.4, -0.2) is 75.8 Å². The van der Waals surface area contributed by atoms with E-state index in [0.29, 0.717) is 42.5 Å². The van der Waals surface area contributed by atoms with Crippen LogP contribution in [0.1, 0.15) is 32.8 Å². The van der Waals surface area contributed by atoms with Gasteiger partial charge in [0.2, 0.25) is 5.91 Å². The van der Waals surface area contributed by atoms with Gasteiger partial charge in [0.05, 0.1) is 23.7 Å². The van der Waals surface area contributed by atoms with E-state index < -0.39 is 16.1 Å². The number of piperazine rings is 1. The molecule has 2 heterocycles. The lowest BCUT2D eigenvalue weighted by Gasteiger charge is -2.39. The van der Waals surface area contributed by atoms with E-state index in [9.17, 15) is 18.0 Å². The minimum Gasteiger partial charge on any atom is -0.485 e. The average molecular weight is 548 g/mol. The molecule has 1 fully saturated rings. The second kappa shape index (κ2) is 10.6. The Kier molecular flexibility index (Phi) is 7.88. The normalized spacial score (nSPS) is 18.9. The highest BCUT2D eigenvalue weighted by atomic mass is 35.5. The van der Waals surface area contributed by atoms with E-state index in [4.69, 9.17) is 16.3 Å². The molecule has 8 nitrogen and oxygen atoms in total. The fourth-order valence-corrected chi connectivity index (χ4v) is 6.48. The van der Waals surface area contributed by atoms with Crippen LogP contribution in [-0.2, 0) is 26.0 Å². The summed E-state index contributed by atoms with van der Waals surface area (Å²) >= 11 is 6.12. The fraction of sp³-hybridized carbons (Fsp3) is 0.481. The predicted molar refractivity (Wildman–Crippen MR) is 144 cm³/mol. The zero-order valence-corrected chi connectivity index (χ0v) is 23.3. The zero-order valence-electron chi connectivity index (χ0n) is 21.7. The van der Waals surface area contributed by atoms with Crippen molar-refractivity contribution in [1.82, 2.24) is 9.80 Å². The first-order valence-corrected chi connectivity index (χ1v) is 14.2. The van der Waals surface area contributed by atoms with Gasteiger partial charge in [0.25, 0.3) is 10.0 Å². The number of benzene rings is 2. The maximum Gasteiger partial charge on any atom is 0.264 e. The molecule has 37 heavy (non-hydrogen) atoms. The van der Waals surface area contributed by atoms with Crippen molar-refractivity contribution in [2.75, 3.05) is 44.1 Å². The minimum absolute atomic E-state index is 0.0235. The van der Waals surface area contributed by atoms with Gasteiger partial charge in [-0.1, -0.05) is 44.5 Å². The first-order chi connectivity index (χ1) is 17.3. The van der Waals surface area contributed by atoms with Crippen molar-refractivity contribution in [3.63, 3.8) is 0 Å². The molecule has 0 spiro atoms. The van der Waals surface area contributed by atoms with Crippen molar-refractivity contribution in [2.24, 2.45) is 5.41 Å². The molecule has 2 aliphatic rings. The van der Waals surface area contributed by atoms with E-state index in [-0.39, 0.29) is 41.5 Å². The number of rotatable bonds is 7. The van der Waals surface area contributed by atoms with Crippen LogP contribution in [0.4, 0.5) is 5.69 Å². The van der Waals surface area contributed by atoms with Gasteiger partial charge in [0.15, 0.2) is 0 Å². The Hall–Kier alpha value is -2.62. The van der Waals surface area contributed by atoms with Crippen LogP contribution >= 0.6 is 11.6 Å². The van der Waals surface area contributed by atoms with Gasteiger partial charge in [-0.2, -0.15) is 0 Å². The minimum atomic E-state index is -3.97. The summed E-state index contributed by atoms with van der Waals surface area (Å²) in [6.07, 6.45) is 0.158. The quantitative estimate of drug-likeness (QED) is 0.526. The predicted octanol–water partition coefficient (Wildman–Crippen LogP) is 3.62. The molecule has 4 rings (SSSR count). The molecule has 1 saturated heterocycles. The highest BCUT2D eigenvalue weighted by Crippen LogP contribution is 2.38. The van der Waals surface area contributed by atoms with Crippen LogP contribution in [0.3, 0.4) is 0 Å². The number of anilines is 1. The van der Waals surface area contributed by atoms with Gasteiger partial charge in [0, 0.05) is 44.5 Å². The number of hydrogen-bond donors (Lipinski definition) is 0. The molecule has 0 aromatic heterocycles. The summed E-state index contributed by atoms with van der Waals surface area (Å²) in [6.45, 7) is 8.08. The summed E-state index contributed by atoms with van der Waals surface area (Å²) in [5.74, 6) is 0.538. The number of carbonyl (C=O) groups is 2. The first-order valence-electron chi connectivity index (χ1n) is 12.4. The summed E-state index contributed by atoms with van der Waals surface area (Å²) < 4.78 is 35.2. The van der Waals surface area contributed by atoms with Gasteiger partial charge in [-0.05, 0) is 41.3 Å². The Morgan fingerprint density at radius 1 is 1.14 bits per heavy atom. The average Bonchev–Trinajstić information content (AvgIpc) is 2.80. The van der Waals surface area contributed by atoms with E-state index in [2.05, 4.69) is 0 Å². The monoisotopic (exact) mass is 547 g/mol. The Bertz CT molecular complexity index is 1290. The number of hydrogen-bond acceptors (Lipinski definition) is 6. The van der Waals surface area contributed by atoms with Crippen LogP contribution < -0.4 is 9.04 Å². The number of amides is 1. The number of ether oxygens (including phenoxy) is 1. The third kappa shape index (κ3) is 6.64. The third-order valence-electron chi connectivity index (χ3n) is 6.47. The Morgan fingerprint density at radius 3 is 2.57 bits per heavy atom. The van der Waals surface area contributed by atoms with Crippen LogP contribution in [0.15, 0.2) is 47.4 Å². The molecule has 1 amide bonds. The van der Waals surface area contributed by atoms with Crippen molar-refractivity contribution >= 4 is 39.0 Å². The molecule has 0 aliphatic carbocycles. The van der Waals surface area contributed by atoms with Gasteiger partial charge in [0.1, 0.15) is 17.6 Å². The third-order valence-corrected chi connectivity index (χ3v) is 8.48. The topological polar surface area (TPSA) is 87.2 Å². The van der Waals surface area contributed by atoms with E-state index in [1.165, 1.54) is 16.4 Å². The lowest BCUT2D eigenvalue weighted by molar-refractivity contribution is -0.134. The maximum atomic E-state index is 13.8. The number of halogens is 1. The molecule has 0 saturated carbocycles. The van der Waals surface area contributed by atoms with Crippen molar-refractivity contribution in [3.8, 4) is 5.75 Å². The number of ketones is 1. The van der Waals surface area contributed by atoms with Gasteiger partial charge in [-0.25, -0.2) is 8.42 Å². The van der Waals surface area contributed by atoms with E-state index in [1.54, 1.807) is 36.2 Å². The first kappa shape index (κ1) is 27.4. The lowest BCUT2D eigenvalue weighted by atomic mass is 9.88. The molecule has 200 valence electrons. The smallest absolute Gasteiger partial charge is 0.264 e. The number of likely N-dealkylation sites (N-methyl/N-ethyl adjacent to an activating group) is 1. The summed E-state index contributed by atoms with van der Waals surface area (Å²) in [4.78, 5) is 28.6. The van der Waals surface area contributed by atoms with Crippen molar-refractivity contribution < 1.29 is 22.7 Å². The number of sulfonamides is 1. The standard InChI is InChI=1S/C27H34ClN3O5S/c1-27(2,3)15-21(32)12-19-8-9-25-24(13-19)31(37(34,35)23-7-5-6-20(28)14-23)17-22(36-25)16-30-11-10-29(4)26(33)18-30/h5-9,13-14,22H,10-12,15-18H2,1-4H3/t22-/m0/s1. The van der Waals surface area contributed by atoms with Gasteiger partial charge in [-0.15, -0.1) is 0 Å². The van der Waals surface area contributed by atoms with Crippen molar-refractivity contribution in [2.45, 2.75) is 44.6 Å². The largest absolute Gasteiger partial charge is 0.485 e. The molecule has 0 bridgehead atoms. The van der Waals surface area contributed by atoms with Crippen LogP contribution in [0.2, 0.25) is 5.02 Å².